The smallest absolute Gasteiger partial charge is 0.340 e. The number of para-hydroxylation sites is 1. The van der Waals surface area contributed by atoms with Gasteiger partial charge in [-0.3, -0.25) is 19.3 Å². The Labute approximate surface area is 220 Å². The Morgan fingerprint density at radius 1 is 1.23 bits per heavy atom. The predicted molar refractivity (Wildman–Crippen MR) is 131 cm³/mol. The lowest BCUT2D eigenvalue weighted by atomic mass is 9.97. The molecular formula is C25H23F3N8O3. The van der Waals surface area contributed by atoms with E-state index in [-0.39, 0.29) is 19.4 Å². The molecule has 202 valence electrons. The number of hydrogen-bond acceptors (Lipinski definition) is 7. The Balaban J connectivity index is 1.71. The molecule has 0 saturated carbocycles. The Morgan fingerprint density at radius 2 is 1.95 bits per heavy atom. The van der Waals surface area contributed by atoms with Crippen LogP contribution in [0, 0.1) is 11.3 Å². The maximum atomic E-state index is 13.4. The fourth-order valence-corrected chi connectivity index (χ4v) is 4.19. The summed E-state index contributed by atoms with van der Waals surface area (Å²) in [5.74, 6) is -2.38. The summed E-state index contributed by atoms with van der Waals surface area (Å²) in [6.45, 7) is 3.41. The number of hydrogen-bond donors (Lipinski definition) is 2. The molecule has 0 saturated heterocycles. The van der Waals surface area contributed by atoms with E-state index in [1.807, 2.05) is 6.07 Å². The Morgan fingerprint density at radius 3 is 2.59 bits per heavy atom. The minimum absolute atomic E-state index is 0.0847. The van der Waals surface area contributed by atoms with E-state index in [1.54, 1.807) is 37.3 Å². The molecule has 3 aromatic rings. The van der Waals surface area contributed by atoms with Gasteiger partial charge in [-0.25, -0.2) is 14.6 Å². The number of nitrogens with one attached hydrogen (secondary N) is 2. The largest absolute Gasteiger partial charge is 0.433 e. The van der Waals surface area contributed by atoms with Crippen molar-refractivity contribution < 1.29 is 27.6 Å². The lowest BCUT2D eigenvalue weighted by Gasteiger charge is -2.32. The predicted octanol–water partition coefficient (Wildman–Crippen LogP) is 1.96. The van der Waals surface area contributed by atoms with E-state index >= 15 is 0 Å². The van der Waals surface area contributed by atoms with Crippen LogP contribution in [0.25, 0.3) is 5.69 Å². The first kappa shape index (κ1) is 27.2. The summed E-state index contributed by atoms with van der Waals surface area (Å²) < 4.78 is 40.7. The molecule has 4 rings (SSSR count). The minimum atomic E-state index is -4.78. The van der Waals surface area contributed by atoms with Crippen molar-refractivity contribution in [1.82, 2.24) is 30.4 Å². The van der Waals surface area contributed by atoms with E-state index in [1.165, 1.54) is 16.5 Å². The molecule has 0 aliphatic carbocycles. The van der Waals surface area contributed by atoms with E-state index in [2.05, 4.69) is 25.7 Å². The lowest BCUT2D eigenvalue weighted by molar-refractivity contribution is -0.141. The number of amides is 3. The average molecular weight is 541 g/mol. The second-order valence-corrected chi connectivity index (χ2v) is 8.67. The number of nitriles is 1. The summed E-state index contributed by atoms with van der Waals surface area (Å²) in [7, 11) is 0. The van der Waals surface area contributed by atoms with Crippen LogP contribution >= 0.6 is 0 Å². The second-order valence-electron chi connectivity index (χ2n) is 8.67. The van der Waals surface area contributed by atoms with Gasteiger partial charge < -0.3 is 10.6 Å². The van der Waals surface area contributed by atoms with Crippen LogP contribution in [0.3, 0.4) is 0 Å². The van der Waals surface area contributed by atoms with Crippen molar-refractivity contribution >= 4 is 23.5 Å². The van der Waals surface area contributed by atoms with Gasteiger partial charge in [0.05, 0.1) is 23.9 Å². The number of likely N-dealkylation sites (N-methyl/N-ethyl adjacent to an activating group) is 1. The SMILES string of the molecule is CCN1C(=O)C(NC(=O)c2nccc(C(F)(F)F)n2)Cc2c(CC(=O)NC(C)C#N)nn(-c3ccccc3)c21. The van der Waals surface area contributed by atoms with Gasteiger partial charge in [0.15, 0.2) is 0 Å². The van der Waals surface area contributed by atoms with Crippen molar-refractivity contribution in [3.63, 3.8) is 0 Å². The maximum Gasteiger partial charge on any atom is 0.433 e. The molecule has 3 amide bonds. The van der Waals surface area contributed by atoms with Crippen molar-refractivity contribution in [2.24, 2.45) is 0 Å². The van der Waals surface area contributed by atoms with Crippen LogP contribution in [0.15, 0.2) is 42.6 Å². The Hall–Kier alpha value is -4.80. The molecule has 1 aliphatic rings. The molecule has 1 aliphatic heterocycles. The van der Waals surface area contributed by atoms with Gasteiger partial charge in [0.2, 0.25) is 11.7 Å². The van der Waals surface area contributed by atoms with E-state index < -0.39 is 47.5 Å². The first-order chi connectivity index (χ1) is 18.5. The van der Waals surface area contributed by atoms with Crippen LogP contribution in [0.1, 0.15) is 41.4 Å². The van der Waals surface area contributed by atoms with Crippen LogP contribution in [-0.4, -0.2) is 56.1 Å². The number of benzene rings is 1. The zero-order valence-electron chi connectivity index (χ0n) is 20.9. The Kier molecular flexibility index (Phi) is 7.61. The van der Waals surface area contributed by atoms with Gasteiger partial charge in [-0.1, -0.05) is 18.2 Å². The summed E-state index contributed by atoms with van der Waals surface area (Å²) >= 11 is 0. The molecule has 2 unspecified atom stereocenters. The third-order valence-electron chi connectivity index (χ3n) is 5.94. The first-order valence-corrected chi connectivity index (χ1v) is 11.9. The molecule has 2 atom stereocenters. The average Bonchev–Trinajstić information content (AvgIpc) is 3.26. The van der Waals surface area contributed by atoms with Crippen LogP contribution in [-0.2, 0) is 28.6 Å². The second kappa shape index (κ2) is 10.9. The zero-order valence-corrected chi connectivity index (χ0v) is 20.9. The van der Waals surface area contributed by atoms with E-state index in [0.717, 1.165) is 6.20 Å². The minimum Gasteiger partial charge on any atom is -0.340 e. The number of carbonyl (C=O) groups is 3. The van der Waals surface area contributed by atoms with Gasteiger partial charge in [-0.05, 0) is 32.0 Å². The highest BCUT2D eigenvalue weighted by Crippen LogP contribution is 2.34. The van der Waals surface area contributed by atoms with Crippen molar-refractivity contribution in [3.8, 4) is 11.8 Å². The number of aromatic nitrogens is 4. The quantitative estimate of drug-likeness (QED) is 0.466. The first-order valence-electron chi connectivity index (χ1n) is 11.9. The molecular weight excluding hydrogens is 517 g/mol. The standard InChI is InChI=1S/C25H23F3N8O3/c1-3-35-23-16(11-18(24(35)39)32-22(38)21-30-10-9-19(33-21)25(26,27)28)17(12-20(37)31-14(2)13-29)34-36(23)15-7-5-4-6-8-15/h4-10,14,18H,3,11-12H2,1-2H3,(H,31,37)(H,32,38). The number of carbonyl (C=O) groups excluding carboxylic acids is 3. The fraction of sp³-hybridized carbons (Fsp3) is 0.320. The van der Waals surface area contributed by atoms with Gasteiger partial charge in [-0.15, -0.1) is 0 Å². The molecule has 0 radical (unpaired) electrons. The third-order valence-corrected chi connectivity index (χ3v) is 5.94. The summed E-state index contributed by atoms with van der Waals surface area (Å²) in [4.78, 5) is 47.1. The van der Waals surface area contributed by atoms with E-state index in [0.29, 0.717) is 28.8 Å². The number of nitrogens with zero attached hydrogens (tertiary/aromatic N) is 6. The summed E-state index contributed by atoms with van der Waals surface area (Å²) in [6, 6.07) is 9.54. The number of rotatable bonds is 7. The monoisotopic (exact) mass is 540 g/mol. The molecule has 0 fully saturated rings. The summed E-state index contributed by atoms with van der Waals surface area (Å²) in [6.07, 6.45) is -4.26. The summed E-state index contributed by atoms with van der Waals surface area (Å²) in [5.41, 5.74) is 0.142. The van der Waals surface area contributed by atoms with Crippen LogP contribution in [0.2, 0.25) is 0 Å². The highest BCUT2D eigenvalue weighted by Gasteiger charge is 2.39. The molecule has 2 N–H and O–H groups in total. The summed E-state index contributed by atoms with van der Waals surface area (Å²) in [5, 5.41) is 18.6. The van der Waals surface area contributed by atoms with Gasteiger partial charge >= 0.3 is 6.18 Å². The number of fused-ring (bicyclic) bond motifs is 1. The molecule has 0 bridgehead atoms. The highest BCUT2D eigenvalue weighted by molar-refractivity contribution is 6.03. The van der Waals surface area contributed by atoms with Gasteiger partial charge in [0.25, 0.3) is 11.8 Å². The molecule has 2 aromatic heterocycles. The lowest BCUT2D eigenvalue weighted by Crippen LogP contribution is -2.53. The molecule has 3 heterocycles. The van der Waals surface area contributed by atoms with Gasteiger partial charge in [-0.2, -0.15) is 23.5 Å². The van der Waals surface area contributed by atoms with Crippen molar-refractivity contribution in [2.45, 2.75) is 44.9 Å². The van der Waals surface area contributed by atoms with Crippen molar-refractivity contribution in [2.75, 3.05) is 11.4 Å². The Bertz CT molecular complexity index is 1450. The molecule has 1 aromatic carbocycles. The van der Waals surface area contributed by atoms with Crippen LogP contribution < -0.4 is 15.5 Å². The van der Waals surface area contributed by atoms with Crippen molar-refractivity contribution in [1.29, 1.82) is 5.26 Å². The molecule has 14 heteroatoms. The molecule has 0 spiro atoms. The topological polar surface area (TPSA) is 146 Å². The molecule has 11 nitrogen and oxygen atoms in total. The third kappa shape index (κ3) is 5.71. The van der Waals surface area contributed by atoms with Gasteiger partial charge in [0.1, 0.15) is 23.6 Å². The number of alkyl halides is 3. The number of halogens is 3. The van der Waals surface area contributed by atoms with Crippen LogP contribution in [0.4, 0.5) is 19.0 Å². The molecule has 39 heavy (non-hydrogen) atoms. The number of anilines is 1. The zero-order chi connectivity index (χ0) is 28.3. The van der Waals surface area contributed by atoms with E-state index in [4.69, 9.17) is 5.26 Å². The van der Waals surface area contributed by atoms with E-state index in [9.17, 15) is 27.6 Å². The normalized spacial score (nSPS) is 15.7. The maximum absolute atomic E-state index is 13.4. The van der Waals surface area contributed by atoms with Gasteiger partial charge in [0, 0.05) is 24.7 Å². The highest BCUT2D eigenvalue weighted by atomic mass is 19.4. The van der Waals surface area contributed by atoms with Crippen molar-refractivity contribution in [3.05, 3.63) is 65.4 Å². The fourth-order valence-electron chi connectivity index (χ4n) is 4.19. The van der Waals surface area contributed by atoms with Crippen LogP contribution in [0.5, 0.6) is 0 Å².